The van der Waals surface area contributed by atoms with Gasteiger partial charge in [-0.25, -0.2) is 4.79 Å². The number of carbonyl (C=O) groups excluding carboxylic acids is 1. The zero-order chi connectivity index (χ0) is 19.3. The van der Waals surface area contributed by atoms with E-state index in [2.05, 4.69) is 6.92 Å². The molecule has 0 aliphatic carbocycles. The standard InChI is InChI=1S/C21H34N2O3/c1-15-14-23(20(24)26-21(2,3)4)12-11-16(15)7-6-8-17-13-18(25-5)9-10-19(17)22/h9-10,13,15-16H,6-8,11-12,14,22H2,1-5H3. The molecule has 1 fully saturated rings. The molecule has 5 nitrogen and oxygen atoms in total. The van der Waals surface area contributed by atoms with Crippen molar-refractivity contribution in [2.24, 2.45) is 11.8 Å². The highest BCUT2D eigenvalue weighted by Gasteiger charge is 2.30. The summed E-state index contributed by atoms with van der Waals surface area (Å²) in [5.74, 6) is 1.98. The lowest BCUT2D eigenvalue weighted by Crippen LogP contribution is -2.45. The predicted molar refractivity (Wildman–Crippen MR) is 105 cm³/mol. The van der Waals surface area contributed by atoms with Gasteiger partial charge in [0.15, 0.2) is 0 Å². The van der Waals surface area contributed by atoms with E-state index in [4.69, 9.17) is 15.2 Å². The van der Waals surface area contributed by atoms with Crippen LogP contribution in [-0.2, 0) is 11.2 Å². The maximum Gasteiger partial charge on any atom is 0.410 e. The number of anilines is 1. The fourth-order valence-corrected chi connectivity index (χ4v) is 3.60. The quantitative estimate of drug-likeness (QED) is 0.784. The van der Waals surface area contributed by atoms with Crippen molar-refractivity contribution >= 4 is 11.8 Å². The number of piperidine rings is 1. The van der Waals surface area contributed by atoms with E-state index < -0.39 is 5.60 Å². The number of aryl methyl sites for hydroxylation is 1. The van der Waals surface area contributed by atoms with Crippen LogP contribution in [0.4, 0.5) is 10.5 Å². The molecule has 1 heterocycles. The molecule has 0 aromatic heterocycles. The third kappa shape index (κ3) is 5.82. The number of hydrogen-bond acceptors (Lipinski definition) is 4. The monoisotopic (exact) mass is 362 g/mol. The predicted octanol–water partition coefficient (Wildman–Crippen LogP) is 4.49. The maximum absolute atomic E-state index is 12.2. The molecule has 0 radical (unpaired) electrons. The fourth-order valence-electron chi connectivity index (χ4n) is 3.60. The Bertz CT molecular complexity index is 610. The molecular formula is C21H34N2O3. The molecule has 146 valence electrons. The topological polar surface area (TPSA) is 64.8 Å². The Labute approximate surface area is 157 Å². The van der Waals surface area contributed by atoms with E-state index in [0.717, 1.165) is 55.8 Å². The van der Waals surface area contributed by atoms with E-state index in [0.29, 0.717) is 11.8 Å². The van der Waals surface area contributed by atoms with Gasteiger partial charge in [-0.1, -0.05) is 6.92 Å². The first-order chi connectivity index (χ1) is 12.2. The van der Waals surface area contributed by atoms with Crippen molar-refractivity contribution in [3.63, 3.8) is 0 Å². The summed E-state index contributed by atoms with van der Waals surface area (Å²) in [6, 6.07) is 5.84. The number of nitrogen functional groups attached to an aromatic ring is 1. The Balaban J connectivity index is 1.81. The summed E-state index contributed by atoms with van der Waals surface area (Å²) >= 11 is 0. The molecule has 1 aliphatic heterocycles. The van der Waals surface area contributed by atoms with Crippen LogP contribution in [0.2, 0.25) is 0 Å². The summed E-state index contributed by atoms with van der Waals surface area (Å²) in [7, 11) is 1.68. The van der Waals surface area contributed by atoms with Crippen molar-refractivity contribution in [1.82, 2.24) is 4.90 Å². The van der Waals surface area contributed by atoms with E-state index >= 15 is 0 Å². The van der Waals surface area contributed by atoms with Crippen LogP contribution >= 0.6 is 0 Å². The molecule has 1 aromatic rings. The third-order valence-corrected chi connectivity index (χ3v) is 5.11. The van der Waals surface area contributed by atoms with Gasteiger partial charge in [0.25, 0.3) is 0 Å². The van der Waals surface area contributed by atoms with E-state index in [1.807, 2.05) is 43.9 Å². The van der Waals surface area contributed by atoms with E-state index in [1.165, 1.54) is 0 Å². The van der Waals surface area contributed by atoms with Gasteiger partial charge in [-0.2, -0.15) is 0 Å². The van der Waals surface area contributed by atoms with Gasteiger partial charge in [-0.3, -0.25) is 0 Å². The fraction of sp³-hybridized carbons (Fsp3) is 0.667. The highest BCUT2D eigenvalue weighted by Crippen LogP contribution is 2.30. The summed E-state index contributed by atoms with van der Waals surface area (Å²) in [4.78, 5) is 14.1. The Morgan fingerprint density at radius 3 is 2.69 bits per heavy atom. The zero-order valence-corrected chi connectivity index (χ0v) is 16.9. The minimum absolute atomic E-state index is 0.188. The third-order valence-electron chi connectivity index (χ3n) is 5.11. The number of methoxy groups -OCH3 is 1. The number of hydrogen-bond donors (Lipinski definition) is 1. The number of nitrogens with two attached hydrogens (primary N) is 1. The molecule has 2 unspecified atom stereocenters. The highest BCUT2D eigenvalue weighted by molar-refractivity contribution is 5.68. The number of nitrogens with zero attached hydrogens (tertiary/aromatic N) is 1. The van der Waals surface area contributed by atoms with Gasteiger partial charge in [0, 0.05) is 18.8 Å². The van der Waals surface area contributed by atoms with E-state index in [-0.39, 0.29) is 6.09 Å². The van der Waals surface area contributed by atoms with Gasteiger partial charge >= 0.3 is 6.09 Å². The molecule has 1 amide bonds. The van der Waals surface area contributed by atoms with E-state index in [9.17, 15) is 4.79 Å². The molecule has 1 saturated heterocycles. The molecule has 0 spiro atoms. The first kappa shape index (κ1) is 20.4. The van der Waals surface area contributed by atoms with Crippen LogP contribution in [0.1, 0.15) is 52.5 Å². The lowest BCUT2D eigenvalue weighted by molar-refractivity contribution is 0.0110. The lowest BCUT2D eigenvalue weighted by Gasteiger charge is -2.37. The number of likely N-dealkylation sites (tertiary alicyclic amines) is 1. The SMILES string of the molecule is COc1ccc(N)c(CCCC2CCN(C(=O)OC(C)(C)C)CC2C)c1. The molecule has 26 heavy (non-hydrogen) atoms. The van der Waals surface area contributed by atoms with Crippen LogP contribution < -0.4 is 10.5 Å². The van der Waals surface area contributed by atoms with Crippen LogP contribution in [0, 0.1) is 11.8 Å². The smallest absolute Gasteiger partial charge is 0.410 e. The van der Waals surface area contributed by atoms with Crippen molar-refractivity contribution in [2.45, 2.75) is 59.0 Å². The first-order valence-electron chi connectivity index (χ1n) is 9.60. The summed E-state index contributed by atoms with van der Waals surface area (Å²) in [5.41, 5.74) is 7.63. The van der Waals surface area contributed by atoms with Crippen LogP contribution in [0.15, 0.2) is 18.2 Å². The van der Waals surface area contributed by atoms with Crippen molar-refractivity contribution in [3.8, 4) is 5.75 Å². The number of rotatable bonds is 5. The van der Waals surface area contributed by atoms with Gasteiger partial charge in [-0.15, -0.1) is 0 Å². The molecule has 2 N–H and O–H groups in total. The molecule has 0 saturated carbocycles. The van der Waals surface area contributed by atoms with Crippen LogP contribution in [0.25, 0.3) is 0 Å². The number of carbonyl (C=O) groups is 1. The Kier molecular flexibility index (Phi) is 6.79. The molecule has 2 rings (SSSR count). The number of amides is 1. The number of benzene rings is 1. The molecule has 0 bridgehead atoms. The van der Waals surface area contributed by atoms with Gasteiger partial charge in [-0.05, 0) is 82.1 Å². The Morgan fingerprint density at radius 2 is 2.08 bits per heavy atom. The highest BCUT2D eigenvalue weighted by atomic mass is 16.6. The van der Waals surface area contributed by atoms with Crippen molar-refractivity contribution in [3.05, 3.63) is 23.8 Å². The van der Waals surface area contributed by atoms with Crippen LogP contribution in [0.5, 0.6) is 5.75 Å². The molecule has 2 atom stereocenters. The summed E-state index contributed by atoms with van der Waals surface area (Å²) in [6.07, 6.45) is 4.06. The second kappa shape index (κ2) is 8.65. The first-order valence-corrected chi connectivity index (χ1v) is 9.60. The van der Waals surface area contributed by atoms with Gasteiger partial charge in [0.05, 0.1) is 7.11 Å². The second-order valence-corrected chi connectivity index (χ2v) is 8.41. The molecule has 1 aliphatic rings. The van der Waals surface area contributed by atoms with Gasteiger partial charge < -0.3 is 20.1 Å². The van der Waals surface area contributed by atoms with Crippen molar-refractivity contribution < 1.29 is 14.3 Å². The second-order valence-electron chi connectivity index (χ2n) is 8.41. The summed E-state index contributed by atoms with van der Waals surface area (Å²) in [6.45, 7) is 9.52. The van der Waals surface area contributed by atoms with Crippen molar-refractivity contribution in [1.29, 1.82) is 0 Å². The lowest BCUT2D eigenvalue weighted by atomic mass is 9.83. The average molecular weight is 363 g/mol. The minimum Gasteiger partial charge on any atom is -0.497 e. The maximum atomic E-state index is 12.2. The van der Waals surface area contributed by atoms with Crippen LogP contribution in [0.3, 0.4) is 0 Å². The van der Waals surface area contributed by atoms with Crippen molar-refractivity contribution in [2.75, 3.05) is 25.9 Å². The average Bonchev–Trinajstić information content (AvgIpc) is 2.56. The minimum atomic E-state index is -0.437. The van der Waals surface area contributed by atoms with E-state index in [1.54, 1.807) is 7.11 Å². The van der Waals surface area contributed by atoms with Crippen LogP contribution in [-0.4, -0.2) is 36.8 Å². The molecule has 5 heteroatoms. The van der Waals surface area contributed by atoms with Gasteiger partial charge in [0.1, 0.15) is 11.4 Å². The largest absolute Gasteiger partial charge is 0.497 e. The normalized spacial score (nSPS) is 20.7. The molecular weight excluding hydrogens is 328 g/mol. The summed E-state index contributed by atoms with van der Waals surface area (Å²) < 4.78 is 10.8. The zero-order valence-electron chi connectivity index (χ0n) is 16.9. The molecule has 1 aromatic carbocycles. The summed E-state index contributed by atoms with van der Waals surface area (Å²) in [5, 5.41) is 0. The Hall–Kier alpha value is -1.91. The Morgan fingerprint density at radius 1 is 1.35 bits per heavy atom. The number of ether oxygens (including phenoxy) is 2. The van der Waals surface area contributed by atoms with Gasteiger partial charge in [0.2, 0.25) is 0 Å².